The van der Waals surface area contributed by atoms with Crippen molar-refractivity contribution in [3.8, 4) is 5.75 Å². The predicted octanol–water partition coefficient (Wildman–Crippen LogP) is 3.07. The molecule has 0 heterocycles. The van der Waals surface area contributed by atoms with Gasteiger partial charge < -0.3 is 9.84 Å². The molecule has 1 aromatic rings. The van der Waals surface area contributed by atoms with Crippen molar-refractivity contribution in [2.24, 2.45) is 5.92 Å². The average molecular weight is 259 g/mol. The summed E-state index contributed by atoms with van der Waals surface area (Å²) in [5.41, 5.74) is 0.269. The molecule has 1 fully saturated rings. The highest BCUT2D eigenvalue weighted by molar-refractivity contribution is 6.33. The molecule has 2 rings (SSSR count). The fourth-order valence-electron chi connectivity index (χ4n) is 1.94. The van der Waals surface area contributed by atoms with Crippen molar-refractivity contribution >= 4 is 17.6 Å². The van der Waals surface area contributed by atoms with E-state index in [0.29, 0.717) is 18.8 Å². The van der Waals surface area contributed by atoms with E-state index < -0.39 is 17.7 Å². The molecule has 0 amide bonds. The van der Waals surface area contributed by atoms with Gasteiger partial charge in [0.2, 0.25) is 0 Å². The van der Waals surface area contributed by atoms with Gasteiger partial charge in [-0.2, -0.15) is 0 Å². The van der Waals surface area contributed by atoms with E-state index in [9.17, 15) is 9.18 Å². The van der Waals surface area contributed by atoms with Gasteiger partial charge in [0.1, 0.15) is 11.6 Å². The summed E-state index contributed by atoms with van der Waals surface area (Å²) in [7, 11) is 0. The summed E-state index contributed by atoms with van der Waals surface area (Å²) in [4.78, 5) is 10.8. The predicted molar refractivity (Wildman–Crippen MR) is 61.1 cm³/mol. The van der Waals surface area contributed by atoms with E-state index in [1.165, 1.54) is 12.1 Å². The van der Waals surface area contributed by atoms with Crippen LogP contribution in [0.3, 0.4) is 0 Å². The molecule has 1 unspecified atom stereocenters. The third-order valence-electron chi connectivity index (χ3n) is 2.87. The van der Waals surface area contributed by atoms with Gasteiger partial charge in [0, 0.05) is 11.5 Å². The van der Waals surface area contributed by atoms with Gasteiger partial charge in [-0.25, -0.2) is 4.39 Å². The molecule has 3 nitrogen and oxygen atoms in total. The molecule has 1 saturated carbocycles. The van der Waals surface area contributed by atoms with Crippen molar-refractivity contribution in [1.82, 2.24) is 0 Å². The van der Waals surface area contributed by atoms with Crippen molar-refractivity contribution in [3.05, 3.63) is 28.5 Å². The Balaban J connectivity index is 2.33. The molecule has 1 aromatic carbocycles. The van der Waals surface area contributed by atoms with E-state index in [2.05, 4.69) is 0 Å². The Morgan fingerprint density at radius 2 is 2.35 bits per heavy atom. The molecule has 0 radical (unpaired) electrons. The first-order valence-corrected chi connectivity index (χ1v) is 5.77. The normalized spacial score (nSPS) is 22.3. The lowest BCUT2D eigenvalue weighted by molar-refractivity contribution is -0.138. The number of ether oxygens (including phenoxy) is 1. The van der Waals surface area contributed by atoms with Crippen LogP contribution in [0.4, 0.5) is 4.39 Å². The highest BCUT2D eigenvalue weighted by Crippen LogP contribution is 2.52. The molecular formula is C12H12ClFO3. The van der Waals surface area contributed by atoms with E-state index in [4.69, 9.17) is 21.4 Å². The smallest absolute Gasteiger partial charge is 0.307 e. The summed E-state index contributed by atoms with van der Waals surface area (Å²) in [5.74, 6) is -1.83. The summed E-state index contributed by atoms with van der Waals surface area (Å²) in [6.45, 7) is 2.23. The quantitative estimate of drug-likeness (QED) is 0.903. The van der Waals surface area contributed by atoms with Gasteiger partial charge in [0.05, 0.1) is 17.5 Å². The first-order valence-electron chi connectivity index (χ1n) is 5.39. The average Bonchev–Trinajstić information content (AvgIpc) is 3.03. The van der Waals surface area contributed by atoms with Crippen LogP contribution in [0.1, 0.15) is 24.8 Å². The summed E-state index contributed by atoms with van der Waals surface area (Å²) in [5, 5.41) is 9.04. The topological polar surface area (TPSA) is 46.5 Å². The Hall–Kier alpha value is -1.29. The molecule has 17 heavy (non-hydrogen) atoms. The first-order chi connectivity index (χ1) is 8.06. The van der Waals surface area contributed by atoms with Gasteiger partial charge in [-0.05, 0) is 25.5 Å². The zero-order chi connectivity index (χ0) is 12.6. The fourth-order valence-corrected chi connectivity index (χ4v) is 2.29. The van der Waals surface area contributed by atoms with Gasteiger partial charge in [-0.15, -0.1) is 0 Å². The fraction of sp³-hybridized carbons (Fsp3) is 0.417. The zero-order valence-corrected chi connectivity index (χ0v) is 10.00. The lowest BCUT2D eigenvalue weighted by Crippen LogP contribution is -2.02. The van der Waals surface area contributed by atoms with E-state index in [0.717, 1.165) is 0 Å². The summed E-state index contributed by atoms with van der Waals surface area (Å²) >= 11 is 6.04. The summed E-state index contributed by atoms with van der Waals surface area (Å²) in [6, 6.07) is 2.73. The van der Waals surface area contributed by atoms with Crippen molar-refractivity contribution < 1.29 is 19.0 Å². The number of carbonyl (C=O) groups is 1. The largest absolute Gasteiger partial charge is 0.492 e. The Kier molecular flexibility index (Phi) is 3.24. The zero-order valence-electron chi connectivity index (χ0n) is 9.24. The number of aliphatic carboxylic acids is 1. The minimum Gasteiger partial charge on any atom is -0.492 e. The van der Waals surface area contributed by atoms with Crippen LogP contribution in [-0.2, 0) is 4.79 Å². The Bertz CT molecular complexity index is 461. The highest BCUT2D eigenvalue weighted by atomic mass is 35.5. The number of halogens is 2. The summed E-state index contributed by atoms with van der Waals surface area (Å²) in [6.07, 6.45) is 0.432. The molecule has 1 N–H and O–H groups in total. The van der Waals surface area contributed by atoms with Crippen molar-refractivity contribution in [3.63, 3.8) is 0 Å². The second-order valence-electron chi connectivity index (χ2n) is 3.99. The number of hydrogen-bond acceptors (Lipinski definition) is 2. The van der Waals surface area contributed by atoms with Crippen LogP contribution in [0.2, 0.25) is 5.02 Å². The van der Waals surface area contributed by atoms with Crippen molar-refractivity contribution in [2.75, 3.05) is 6.61 Å². The Labute approximate surface area is 103 Å². The molecule has 1 aliphatic rings. The third kappa shape index (κ3) is 2.22. The number of carboxylic acid groups (broad SMARTS) is 1. The van der Waals surface area contributed by atoms with Gasteiger partial charge >= 0.3 is 5.97 Å². The maximum atomic E-state index is 13.7. The summed E-state index contributed by atoms with van der Waals surface area (Å²) < 4.78 is 18.9. The van der Waals surface area contributed by atoms with E-state index in [-0.39, 0.29) is 16.5 Å². The Morgan fingerprint density at radius 3 is 2.88 bits per heavy atom. The maximum Gasteiger partial charge on any atom is 0.307 e. The van der Waals surface area contributed by atoms with Crippen LogP contribution < -0.4 is 4.74 Å². The minimum atomic E-state index is -0.910. The second-order valence-corrected chi connectivity index (χ2v) is 4.37. The molecule has 0 aliphatic heterocycles. The number of hydrogen-bond donors (Lipinski definition) is 1. The molecule has 0 bridgehead atoms. The van der Waals surface area contributed by atoms with Crippen LogP contribution in [0.15, 0.2) is 12.1 Å². The number of rotatable bonds is 4. The lowest BCUT2D eigenvalue weighted by atomic mass is 10.1. The second kappa shape index (κ2) is 4.53. The molecule has 5 heteroatoms. The molecule has 0 aromatic heterocycles. The van der Waals surface area contributed by atoms with Crippen LogP contribution in [0.5, 0.6) is 5.75 Å². The molecule has 0 saturated heterocycles. The molecule has 0 spiro atoms. The highest BCUT2D eigenvalue weighted by Gasteiger charge is 2.46. The van der Waals surface area contributed by atoms with Gasteiger partial charge in [0.15, 0.2) is 0 Å². The van der Waals surface area contributed by atoms with Gasteiger partial charge in [-0.3, -0.25) is 4.79 Å². The van der Waals surface area contributed by atoms with Crippen molar-refractivity contribution in [1.29, 1.82) is 0 Å². The monoisotopic (exact) mass is 258 g/mol. The number of carboxylic acids is 1. The lowest BCUT2D eigenvalue weighted by Gasteiger charge is -2.10. The molecule has 2 atom stereocenters. The first kappa shape index (κ1) is 12.2. The van der Waals surface area contributed by atoms with Crippen LogP contribution in [0.25, 0.3) is 0 Å². The number of benzene rings is 1. The van der Waals surface area contributed by atoms with Crippen LogP contribution >= 0.6 is 11.6 Å². The minimum absolute atomic E-state index is 0.195. The van der Waals surface area contributed by atoms with Crippen molar-refractivity contribution in [2.45, 2.75) is 19.3 Å². The van der Waals surface area contributed by atoms with Gasteiger partial charge in [0.25, 0.3) is 0 Å². The molecular weight excluding hydrogens is 247 g/mol. The van der Waals surface area contributed by atoms with Gasteiger partial charge in [-0.1, -0.05) is 11.6 Å². The van der Waals surface area contributed by atoms with E-state index >= 15 is 0 Å². The molecule has 1 aliphatic carbocycles. The van der Waals surface area contributed by atoms with E-state index in [1.54, 1.807) is 6.92 Å². The third-order valence-corrected chi connectivity index (χ3v) is 3.26. The van der Waals surface area contributed by atoms with Crippen LogP contribution in [0, 0.1) is 11.7 Å². The standard InChI is InChI=1S/C12H12ClFO3/c1-2-17-9-4-3-8(14)10(11(9)13)6-5-7(6)12(15)16/h3-4,6-7H,2,5H2,1H3,(H,15,16)/t6-,7?/m0/s1. The Morgan fingerprint density at radius 1 is 1.65 bits per heavy atom. The molecule has 92 valence electrons. The maximum absolute atomic E-state index is 13.7. The SMILES string of the molecule is CCOc1ccc(F)c([C@H]2CC2C(=O)O)c1Cl. The van der Waals surface area contributed by atoms with Crippen LogP contribution in [-0.4, -0.2) is 17.7 Å². The van der Waals surface area contributed by atoms with E-state index in [1.807, 2.05) is 0 Å².